The zero-order chi connectivity index (χ0) is 26.5. The van der Waals surface area contributed by atoms with Gasteiger partial charge in [-0.2, -0.15) is 4.31 Å². The number of hydrogen-bond acceptors (Lipinski definition) is 5. The van der Waals surface area contributed by atoms with Crippen LogP contribution in [0, 0.1) is 21.8 Å². The molecule has 5 rings (SSSR count). The Morgan fingerprint density at radius 2 is 1.92 bits per heavy atom. The predicted molar refractivity (Wildman–Crippen MR) is 134 cm³/mol. The third kappa shape index (κ3) is 4.61. The first-order valence-electron chi connectivity index (χ1n) is 12.4. The molecule has 1 saturated carbocycles. The first kappa shape index (κ1) is 25.3. The molecule has 9 nitrogen and oxygen atoms in total. The maximum atomic E-state index is 14.3. The number of rotatable bonds is 9. The molecule has 1 aromatic heterocycles. The fraction of sp³-hybridized carbons (Fsp3) is 0.423. The first-order valence-corrected chi connectivity index (χ1v) is 13.9. The third-order valence-electron chi connectivity index (χ3n) is 7.52. The Kier molecular flexibility index (Phi) is 6.53. The smallest absolute Gasteiger partial charge is 0.326 e. The zero-order valence-electron chi connectivity index (χ0n) is 20.3. The predicted octanol–water partition coefficient (Wildman–Crippen LogP) is 4.68. The molecule has 1 fully saturated rings. The summed E-state index contributed by atoms with van der Waals surface area (Å²) >= 11 is 0. The quantitative estimate of drug-likeness (QED) is 0.317. The molecule has 2 aliphatic carbocycles. The number of carbonyl (C=O) groups is 1. The molecule has 0 bridgehead atoms. The second-order valence-corrected chi connectivity index (χ2v) is 11.8. The molecule has 0 aliphatic heterocycles. The Morgan fingerprint density at radius 1 is 1.22 bits per heavy atom. The molecule has 2 aromatic carbocycles. The number of nitrogens with zero attached hydrogens (tertiary/aromatic N) is 3. The van der Waals surface area contributed by atoms with Gasteiger partial charge in [0, 0.05) is 41.3 Å². The van der Waals surface area contributed by atoms with Crippen LogP contribution >= 0.6 is 0 Å². The minimum atomic E-state index is -3.95. The molecule has 2 atom stereocenters. The van der Waals surface area contributed by atoms with Gasteiger partial charge in [-0.3, -0.25) is 10.1 Å². The third-order valence-corrected chi connectivity index (χ3v) is 9.45. The minimum absolute atomic E-state index is 0.00468. The van der Waals surface area contributed by atoms with Gasteiger partial charge in [0.15, 0.2) is 0 Å². The van der Waals surface area contributed by atoms with Gasteiger partial charge in [0.1, 0.15) is 11.9 Å². The number of nitro groups is 1. The Labute approximate surface area is 213 Å². The lowest BCUT2D eigenvalue weighted by atomic mass is 9.91. The minimum Gasteiger partial charge on any atom is -0.480 e. The lowest BCUT2D eigenvalue weighted by molar-refractivity contribution is -0.384. The summed E-state index contributed by atoms with van der Waals surface area (Å²) in [6, 6.07) is 8.01. The van der Waals surface area contributed by atoms with Crippen molar-refractivity contribution in [3.63, 3.8) is 0 Å². The largest absolute Gasteiger partial charge is 0.480 e. The Bertz CT molecular complexity index is 1480. The van der Waals surface area contributed by atoms with E-state index in [0.717, 1.165) is 24.1 Å². The lowest BCUT2D eigenvalue weighted by Gasteiger charge is -2.34. The van der Waals surface area contributed by atoms with Crippen molar-refractivity contribution in [3.05, 3.63) is 69.7 Å². The highest BCUT2D eigenvalue weighted by molar-refractivity contribution is 7.89. The number of nitro benzene ring substituents is 1. The topological polar surface area (TPSA) is 123 Å². The number of fused-ring (bicyclic) bond motifs is 3. The maximum absolute atomic E-state index is 14.3. The van der Waals surface area contributed by atoms with Gasteiger partial charge in [0.2, 0.25) is 10.0 Å². The van der Waals surface area contributed by atoms with Crippen molar-refractivity contribution in [2.24, 2.45) is 5.92 Å². The van der Waals surface area contributed by atoms with E-state index in [1.54, 1.807) is 17.6 Å². The average Bonchev–Trinajstić information content (AvgIpc) is 3.65. The molecule has 196 valence electrons. The fourth-order valence-corrected chi connectivity index (χ4v) is 7.22. The number of halogens is 1. The molecule has 1 N–H and O–H groups in total. The highest BCUT2D eigenvalue weighted by Crippen LogP contribution is 2.40. The van der Waals surface area contributed by atoms with E-state index in [4.69, 9.17) is 0 Å². The second kappa shape index (κ2) is 9.53. The van der Waals surface area contributed by atoms with Crippen molar-refractivity contribution >= 4 is 32.6 Å². The number of sulfonamides is 1. The van der Waals surface area contributed by atoms with Gasteiger partial charge in [0.05, 0.1) is 9.82 Å². The summed E-state index contributed by atoms with van der Waals surface area (Å²) in [7, 11) is -3.95. The highest BCUT2D eigenvalue weighted by Gasteiger charge is 2.40. The Hall–Kier alpha value is -3.31. The van der Waals surface area contributed by atoms with Gasteiger partial charge in [0.25, 0.3) is 5.69 Å². The Balaban J connectivity index is 1.56. The summed E-state index contributed by atoms with van der Waals surface area (Å²) in [5.74, 6) is -1.15. The molecule has 0 amide bonds. The number of non-ortho nitro benzene ring substituents is 1. The molecule has 0 radical (unpaired) electrons. The summed E-state index contributed by atoms with van der Waals surface area (Å²) in [6.07, 6.45) is 3.50. The van der Waals surface area contributed by atoms with Crippen molar-refractivity contribution in [3.8, 4) is 0 Å². The maximum Gasteiger partial charge on any atom is 0.326 e. The van der Waals surface area contributed by atoms with Crippen LogP contribution in [-0.4, -0.2) is 45.9 Å². The van der Waals surface area contributed by atoms with E-state index in [0.29, 0.717) is 43.1 Å². The number of carboxylic acids is 1. The first-order chi connectivity index (χ1) is 17.6. The molecule has 0 spiro atoms. The van der Waals surface area contributed by atoms with Gasteiger partial charge in [-0.25, -0.2) is 17.6 Å². The van der Waals surface area contributed by atoms with E-state index in [1.807, 2.05) is 0 Å². The van der Waals surface area contributed by atoms with Crippen molar-refractivity contribution in [1.29, 1.82) is 0 Å². The van der Waals surface area contributed by atoms with E-state index >= 15 is 0 Å². The summed E-state index contributed by atoms with van der Waals surface area (Å²) < 4.78 is 45.1. The monoisotopic (exact) mass is 529 g/mol. The van der Waals surface area contributed by atoms with Gasteiger partial charge in [-0.15, -0.1) is 0 Å². The van der Waals surface area contributed by atoms with Crippen LogP contribution in [-0.2, 0) is 27.7 Å². The number of aromatic nitrogens is 1. The van der Waals surface area contributed by atoms with E-state index in [9.17, 15) is 32.8 Å². The molecule has 3 aromatic rings. The number of aliphatic carboxylic acids is 1. The van der Waals surface area contributed by atoms with E-state index in [-0.39, 0.29) is 16.5 Å². The van der Waals surface area contributed by atoms with Crippen LogP contribution in [0.25, 0.3) is 10.9 Å². The van der Waals surface area contributed by atoms with Crippen LogP contribution in [0.2, 0.25) is 0 Å². The summed E-state index contributed by atoms with van der Waals surface area (Å²) in [5.41, 5.74) is 2.04. The van der Waals surface area contributed by atoms with Crippen LogP contribution in [0.4, 0.5) is 10.1 Å². The number of hydrogen-bond donors (Lipinski definition) is 1. The van der Waals surface area contributed by atoms with Crippen LogP contribution < -0.4 is 0 Å². The van der Waals surface area contributed by atoms with Gasteiger partial charge in [-0.05, 0) is 80.3 Å². The highest BCUT2D eigenvalue weighted by atomic mass is 32.2. The van der Waals surface area contributed by atoms with E-state index < -0.39 is 38.8 Å². The SMILES string of the molecule is CCC(C(=O)O)n1c2c(c3cc(F)ccc31)C[C@@H](N(CC1CC1)S(=O)(=O)c1ccc([N+](=O)[O-])cc1)CC2. The van der Waals surface area contributed by atoms with Crippen LogP contribution in [0.5, 0.6) is 0 Å². The zero-order valence-corrected chi connectivity index (χ0v) is 21.2. The summed E-state index contributed by atoms with van der Waals surface area (Å²) in [5, 5.41) is 21.5. The van der Waals surface area contributed by atoms with Crippen molar-refractivity contribution in [1.82, 2.24) is 8.87 Å². The molecule has 1 heterocycles. The molecule has 1 unspecified atom stereocenters. The average molecular weight is 530 g/mol. The van der Waals surface area contributed by atoms with Crippen molar-refractivity contribution < 1.29 is 27.6 Å². The molecular weight excluding hydrogens is 501 g/mol. The molecule has 37 heavy (non-hydrogen) atoms. The van der Waals surface area contributed by atoms with Crippen molar-refractivity contribution in [2.45, 2.75) is 62.4 Å². The van der Waals surface area contributed by atoms with Crippen LogP contribution in [0.15, 0.2) is 47.4 Å². The van der Waals surface area contributed by atoms with E-state index in [2.05, 4.69) is 0 Å². The number of benzene rings is 2. The molecule has 2 aliphatic rings. The molecular formula is C26H28FN3O6S. The second-order valence-electron chi connectivity index (χ2n) is 9.88. The fourth-order valence-electron chi connectivity index (χ4n) is 5.49. The van der Waals surface area contributed by atoms with Gasteiger partial charge < -0.3 is 9.67 Å². The number of carboxylic acid groups (broad SMARTS) is 1. The standard InChI is InChI=1S/C26H28FN3O6S/c1-2-23(26(31)32)29-24-11-5-17(27)13-21(24)22-14-19(8-12-25(22)29)28(15-16-3-4-16)37(35,36)20-9-6-18(7-10-20)30(33)34/h5-7,9-11,13,16,19,23H,2-4,8,12,14-15H2,1H3,(H,31,32)/t19-,23?/m0/s1. The van der Waals surface area contributed by atoms with E-state index in [1.165, 1.54) is 40.7 Å². The van der Waals surface area contributed by atoms with Gasteiger partial charge in [-0.1, -0.05) is 6.92 Å². The van der Waals surface area contributed by atoms with Crippen molar-refractivity contribution in [2.75, 3.05) is 6.54 Å². The van der Waals surface area contributed by atoms with Crippen LogP contribution in [0.1, 0.15) is 49.9 Å². The van der Waals surface area contributed by atoms with Gasteiger partial charge >= 0.3 is 5.97 Å². The Morgan fingerprint density at radius 3 is 2.51 bits per heavy atom. The summed E-state index contributed by atoms with van der Waals surface area (Å²) in [4.78, 5) is 22.5. The molecule has 11 heteroatoms. The normalized spacial score (nSPS) is 18.6. The van der Waals surface area contributed by atoms with Crippen LogP contribution in [0.3, 0.4) is 0 Å². The molecule has 0 saturated heterocycles. The lowest BCUT2D eigenvalue weighted by Crippen LogP contribution is -2.44. The summed E-state index contributed by atoms with van der Waals surface area (Å²) in [6.45, 7) is 2.14.